The van der Waals surface area contributed by atoms with Crippen LogP contribution in [0.3, 0.4) is 0 Å². The van der Waals surface area contributed by atoms with Crippen molar-refractivity contribution in [1.82, 2.24) is 14.8 Å². The van der Waals surface area contributed by atoms with Gasteiger partial charge in [-0.25, -0.2) is 4.79 Å². The Morgan fingerprint density at radius 2 is 1.67 bits per heavy atom. The molecule has 238 valence electrons. The Hall–Kier alpha value is -3.86. The van der Waals surface area contributed by atoms with Crippen LogP contribution in [0.1, 0.15) is 86.7 Å². The highest BCUT2D eigenvalue weighted by Crippen LogP contribution is 2.42. The summed E-state index contributed by atoms with van der Waals surface area (Å²) in [5.74, 6) is -0.187. The summed E-state index contributed by atoms with van der Waals surface area (Å²) in [6.45, 7) is 7.58. The number of anilines is 1. The van der Waals surface area contributed by atoms with Crippen molar-refractivity contribution in [2.75, 3.05) is 31.1 Å². The zero-order valence-corrected chi connectivity index (χ0v) is 27.2. The van der Waals surface area contributed by atoms with E-state index < -0.39 is 16.7 Å². The van der Waals surface area contributed by atoms with Gasteiger partial charge in [0.2, 0.25) is 10.8 Å². The fraction of sp³-hybridized carbons (Fsp3) is 0.429. The number of fused-ring (bicyclic) bond motifs is 1. The molecule has 3 heterocycles. The predicted octanol–water partition coefficient (Wildman–Crippen LogP) is 7.90. The molecule has 10 heteroatoms. The normalized spacial score (nSPS) is 17.8. The molecule has 1 unspecified atom stereocenters. The molecule has 1 aromatic heterocycles. The first-order chi connectivity index (χ1) is 22.0. The van der Waals surface area contributed by atoms with Gasteiger partial charge in [-0.15, -0.1) is 0 Å². The molecule has 5 rings (SSSR count). The molecule has 45 heavy (non-hydrogen) atoms. The van der Waals surface area contributed by atoms with Crippen LogP contribution >= 0.6 is 11.3 Å². The number of amides is 4. The third-order valence-corrected chi connectivity index (χ3v) is 9.36. The maximum absolute atomic E-state index is 14.5. The fourth-order valence-electron chi connectivity index (χ4n) is 5.89. The number of ether oxygens (including phenoxy) is 1. The van der Waals surface area contributed by atoms with Crippen molar-refractivity contribution in [2.24, 2.45) is 5.10 Å². The average molecular weight is 631 g/mol. The maximum atomic E-state index is 14.5. The first kappa shape index (κ1) is 32.5. The topological polar surface area (TPSA) is 91.3 Å². The third kappa shape index (κ3) is 7.35. The number of carbonyl (C=O) groups is 3. The molecular weight excluding hydrogens is 586 g/mol. The van der Waals surface area contributed by atoms with E-state index in [1.807, 2.05) is 61.5 Å². The number of piperidine rings is 1. The number of imide groups is 1. The molecule has 0 radical (unpaired) electrons. The number of thiophene rings is 1. The number of nitrogens with one attached hydrogen (secondary N) is 1. The molecule has 0 saturated carbocycles. The number of benzene rings is 2. The molecule has 2 aromatic carbocycles. The summed E-state index contributed by atoms with van der Waals surface area (Å²) in [7, 11) is 0. The van der Waals surface area contributed by atoms with Gasteiger partial charge >= 0.3 is 12.1 Å². The highest BCUT2D eigenvalue weighted by atomic mass is 32.1. The zero-order valence-electron chi connectivity index (χ0n) is 26.4. The first-order valence-electron chi connectivity index (χ1n) is 16.2. The Labute approximate surface area is 270 Å². The highest BCUT2D eigenvalue weighted by Gasteiger charge is 2.60. The van der Waals surface area contributed by atoms with Crippen molar-refractivity contribution in [3.05, 3.63) is 82.7 Å². The molecule has 2 aliphatic heterocycles. The Bertz CT molecular complexity index is 1480. The van der Waals surface area contributed by atoms with Crippen molar-refractivity contribution >= 4 is 45.9 Å². The number of nitrogens with zero attached hydrogens (tertiary/aromatic N) is 4. The summed E-state index contributed by atoms with van der Waals surface area (Å²) in [6.07, 6.45) is 7.91. The van der Waals surface area contributed by atoms with E-state index in [1.54, 1.807) is 11.4 Å². The SMILES string of the molecule is CCCCCCCOC(=O)[N+]1(C(=O)N(CC)c2ccccc2)N=C(NC(=O)c2ccc(CN3CCCCC3)cc2)c2ccsc21. The van der Waals surface area contributed by atoms with E-state index in [4.69, 9.17) is 9.84 Å². The van der Waals surface area contributed by atoms with Gasteiger partial charge in [-0.1, -0.05) is 80.7 Å². The van der Waals surface area contributed by atoms with E-state index in [0.717, 1.165) is 50.9 Å². The average Bonchev–Trinajstić information content (AvgIpc) is 3.67. The fourth-order valence-corrected chi connectivity index (χ4v) is 6.86. The van der Waals surface area contributed by atoms with E-state index in [1.165, 1.54) is 35.5 Å². The second-order valence-electron chi connectivity index (χ2n) is 11.6. The van der Waals surface area contributed by atoms with Crippen molar-refractivity contribution < 1.29 is 19.1 Å². The lowest BCUT2D eigenvalue weighted by molar-refractivity contribution is 0.0973. The van der Waals surface area contributed by atoms with Gasteiger partial charge in [-0.2, -0.15) is 4.79 Å². The van der Waals surface area contributed by atoms with Gasteiger partial charge in [0.1, 0.15) is 0 Å². The number of carbonyl (C=O) groups excluding carboxylic acids is 3. The van der Waals surface area contributed by atoms with Crippen LogP contribution < -0.4 is 14.8 Å². The summed E-state index contributed by atoms with van der Waals surface area (Å²) in [4.78, 5) is 45.9. The van der Waals surface area contributed by atoms with Crippen molar-refractivity contribution in [3.8, 4) is 0 Å². The molecule has 1 atom stereocenters. The summed E-state index contributed by atoms with van der Waals surface area (Å²) in [5, 5.41) is 9.80. The van der Waals surface area contributed by atoms with E-state index in [2.05, 4.69) is 17.1 Å². The van der Waals surface area contributed by atoms with Gasteiger partial charge < -0.3 is 10.1 Å². The predicted molar refractivity (Wildman–Crippen MR) is 181 cm³/mol. The number of urea groups is 1. The van der Waals surface area contributed by atoms with Crippen molar-refractivity contribution in [3.63, 3.8) is 0 Å². The number of hydrogen-bond acceptors (Lipinski definition) is 7. The maximum Gasteiger partial charge on any atom is 0.559 e. The van der Waals surface area contributed by atoms with Crippen LogP contribution in [-0.2, 0) is 11.3 Å². The molecular formula is C35H44N5O4S+. The molecule has 1 saturated heterocycles. The van der Waals surface area contributed by atoms with Crippen LogP contribution in [-0.4, -0.2) is 55.0 Å². The number of likely N-dealkylation sites (tertiary alicyclic amines) is 1. The zero-order chi connectivity index (χ0) is 31.6. The summed E-state index contributed by atoms with van der Waals surface area (Å²) in [5.41, 5.74) is 2.81. The van der Waals surface area contributed by atoms with Gasteiger partial charge in [-0.3, -0.25) is 14.6 Å². The van der Waals surface area contributed by atoms with Gasteiger partial charge in [-0.05, 0) is 85.7 Å². The molecule has 0 bridgehead atoms. The lowest BCUT2D eigenvalue weighted by atomic mass is 10.1. The summed E-state index contributed by atoms with van der Waals surface area (Å²) >= 11 is 1.25. The number of unbranched alkanes of at least 4 members (excludes halogenated alkanes) is 4. The van der Waals surface area contributed by atoms with Gasteiger partial charge in [0, 0.05) is 28.9 Å². The lowest BCUT2D eigenvalue weighted by Crippen LogP contribution is -2.59. The smallest absolute Gasteiger partial charge is 0.417 e. The molecule has 1 N–H and O–H groups in total. The Morgan fingerprint density at radius 1 is 0.933 bits per heavy atom. The van der Waals surface area contributed by atoms with Crippen LogP contribution in [0.5, 0.6) is 0 Å². The summed E-state index contributed by atoms with van der Waals surface area (Å²) in [6, 6.07) is 18.0. The molecule has 2 aliphatic rings. The molecule has 0 spiro atoms. The van der Waals surface area contributed by atoms with E-state index in [-0.39, 0.29) is 18.3 Å². The first-order valence-corrected chi connectivity index (χ1v) is 17.1. The van der Waals surface area contributed by atoms with E-state index in [0.29, 0.717) is 34.8 Å². The van der Waals surface area contributed by atoms with E-state index in [9.17, 15) is 14.4 Å². The minimum absolute atomic E-state index is 0.172. The molecule has 9 nitrogen and oxygen atoms in total. The Balaban J connectivity index is 1.40. The standard InChI is InChI=1S/C35H43N5O4S/c1-3-5-6-7-14-24-44-35(43)40(34(42)39(4-2)29-15-10-8-11-16-29)33-30(21-25-45-33)31(37-40)36-32(41)28-19-17-27(18-20-28)26-38-22-12-9-13-23-38/h8,10-11,15-21,25H,3-7,9,12-14,22-24,26H2,1-2H3/p+1. The van der Waals surface area contributed by atoms with Gasteiger partial charge in [0.15, 0.2) is 0 Å². The third-order valence-electron chi connectivity index (χ3n) is 8.38. The van der Waals surface area contributed by atoms with Crippen LogP contribution in [0, 0.1) is 0 Å². The second-order valence-corrected chi connectivity index (χ2v) is 12.5. The van der Waals surface area contributed by atoms with Crippen LogP contribution in [0.2, 0.25) is 0 Å². The minimum Gasteiger partial charge on any atom is -0.417 e. The van der Waals surface area contributed by atoms with Crippen LogP contribution in [0.4, 0.5) is 20.3 Å². The molecule has 0 aliphatic carbocycles. The molecule has 3 aromatic rings. The van der Waals surface area contributed by atoms with Crippen molar-refractivity contribution in [1.29, 1.82) is 0 Å². The number of para-hydroxylation sites is 1. The monoisotopic (exact) mass is 630 g/mol. The van der Waals surface area contributed by atoms with E-state index >= 15 is 0 Å². The number of quaternary nitrogens is 1. The number of hydrogen-bond donors (Lipinski definition) is 1. The Kier molecular flexibility index (Phi) is 11.2. The molecule has 1 fully saturated rings. The van der Waals surface area contributed by atoms with Crippen molar-refractivity contribution in [2.45, 2.75) is 71.8 Å². The van der Waals surface area contributed by atoms with Crippen LogP contribution in [0.15, 0.2) is 71.1 Å². The number of rotatable bonds is 11. The quantitative estimate of drug-likeness (QED) is 0.172. The lowest BCUT2D eigenvalue weighted by Gasteiger charge is -2.27. The largest absolute Gasteiger partial charge is 0.559 e. The Morgan fingerprint density at radius 3 is 2.38 bits per heavy atom. The summed E-state index contributed by atoms with van der Waals surface area (Å²) < 4.78 is 4.75. The van der Waals surface area contributed by atoms with Crippen LogP contribution in [0.25, 0.3) is 0 Å². The van der Waals surface area contributed by atoms with Gasteiger partial charge in [0.25, 0.3) is 5.91 Å². The highest BCUT2D eigenvalue weighted by molar-refractivity contribution is 7.14. The second kappa shape index (κ2) is 15.4. The molecule has 4 amide bonds. The van der Waals surface area contributed by atoms with Gasteiger partial charge in [0.05, 0.1) is 12.2 Å². The number of amidine groups is 1. The minimum atomic E-state index is -1.02.